The van der Waals surface area contributed by atoms with Crippen LogP contribution < -0.4 is 0 Å². The fraction of sp³-hybridized carbons (Fsp3) is 0.333. The van der Waals surface area contributed by atoms with Crippen molar-refractivity contribution < 1.29 is 18.6 Å². The Morgan fingerprint density at radius 3 is 2.68 bits per heavy atom. The molecule has 5 nitrogen and oxygen atoms in total. The van der Waals surface area contributed by atoms with Crippen LogP contribution in [-0.2, 0) is 10.0 Å². The smallest absolute Gasteiger partial charge is 0.236 e. The molecule has 1 aromatic rings. The van der Waals surface area contributed by atoms with Gasteiger partial charge in [0, 0.05) is 23.6 Å². The van der Waals surface area contributed by atoms with Gasteiger partial charge in [0.2, 0.25) is 10.0 Å². The van der Waals surface area contributed by atoms with E-state index in [1.807, 2.05) is 0 Å². The van der Waals surface area contributed by atoms with Crippen LogP contribution in [0.1, 0.15) is 24.4 Å². The molecule has 0 aromatic heterocycles. The molecule has 19 heavy (non-hydrogen) atoms. The summed E-state index contributed by atoms with van der Waals surface area (Å²) in [5.41, 5.74) is 0.394. The second-order valence-corrected chi connectivity index (χ2v) is 6.58. The standard InChI is InChI=1S/C12H14ClNO4S/c1-2-19(17,18)14-5-3-4-10(14)8-6-9(13)12(16)7-11(8)15/h2,6-7,10,15-16H,1,3-5H2. The summed E-state index contributed by atoms with van der Waals surface area (Å²) in [6.07, 6.45) is 1.28. The van der Waals surface area contributed by atoms with Crippen molar-refractivity contribution in [3.8, 4) is 11.5 Å². The number of halogens is 1. The Morgan fingerprint density at radius 2 is 2.05 bits per heavy atom. The lowest BCUT2D eigenvalue weighted by Gasteiger charge is -2.23. The average Bonchev–Trinajstić information content (AvgIpc) is 2.83. The highest BCUT2D eigenvalue weighted by atomic mass is 35.5. The number of rotatable bonds is 3. The van der Waals surface area contributed by atoms with E-state index < -0.39 is 16.1 Å². The monoisotopic (exact) mass is 303 g/mol. The number of sulfonamides is 1. The van der Waals surface area contributed by atoms with Crippen LogP contribution in [0.25, 0.3) is 0 Å². The van der Waals surface area contributed by atoms with Crippen LogP contribution in [-0.4, -0.2) is 29.5 Å². The highest BCUT2D eigenvalue weighted by molar-refractivity contribution is 7.92. The van der Waals surface area contributed by atoms with Crippen LogP contribution >= 0.6 is 11.6 Å². The summed E-state index contributed by atoms with van der Waals surface area (Å²) < 4.78 is 25.1. The normalized spacial score (nSPS) is 20.6. The van der Waals surface area contributed by atoms with Crippen LogP contribution in [0.2, 0.25) is 5.02 Å². The second-order valence-electron chi connectivity index (χ2n) is 4.34. The van der Waals surface area contributed by atoms with E-state index in [-0.39, 0.29) is 16.5 Å². The second kappa shape index (κ2) is 5.03. The molecule has 1 aliphatic heterocycles. The van der Waals surface area contributed by atoms with Gasteiger partial charge in [-0.15, -0.1) is 0 Å². The Morgan fingerprint density at radius 1 is 1.37 bits per heavy atom. The van der Waals surface area contributed by atoms with Crippen molar-refractivity contribution in [2.45, 2.75) is 18.9 Å². The molecule has 1 aromatic carbocycles. The van der Waals surface area contributed by atoms with E-state index in [2.05, 4.69) is 6.58 Å². The first-order chi connectivity index (χ1) is 8.86. The molecular weight excluding hydrogens is 290 g/mol. The Bertz CT molecular complexity index is 614. The van der Waals surface area contributed by atoms with Gasteiger partial charge in [-0.25, -0.2) is 8.42 Å². The van der Waals surface area contributed by atoms with Crippen molar-refractivity contribution in [3.63, 3.8) is 0 Å². The largest absolute Gasteiger partial charge is 0.507 e. The van der Waals surface area contributed by atoms with Crippen LogP contribution in [0.5, 0.6) is 11.5 Å². The molecule has 0 amide bonds. The Balaban J connectivity index is 2.47. The average molecular weight is 304 g/mol. The van der Waals surface area contributed by atoms with E-state index in [0.29, 0.717) is 24.9 Å². The zero-order valence-corrected chi connectivity index (χ0v) is 11.7. The van der Waals surface area contributed by atoms with E-state index in [1.165, 1.54) is 10.4 Å². The summed E-state index contributed by atoms with van der Waals surface area (Å²) in [5.74, 6) is -0.405. The Hall–Kier alpha value is -1.24. The van der Waals surface area contributed by atoms with Gasteiger partial charge in [0.25, 0.3) is 0 Å². The number of phenolic OH excluding ortho intramolecular Hbond substituents is 2. The lowest BCUT2D eigenvalue weighted by Crippen LogP contribution is -2.28. The minimum absolute atomic E-state index is 0.0793. The molecule has 1 unspecified atom stereocenters. The van der Waals surface area contributed by atoms with E-state index in [0.717, 1.165) is 11.5 Å². The number of phenols is 2. The summed E-state index contributed by atoms with van der Waals surface area (Å²) in [6, 6.07) is 2.03. The molecule has 2 rings (SSSR count). The number of aromatic hydroxyl groups is 2. The van der Waals surface area contributed by atoms with Crippen LogP contribution in [0.4, 0.5) is 0 Å². The summed E-state index contributed by atoms with van der Waals surface area (Å²) in [7, 11) is -3.55. The minimum atomic E-state index is -3.55. The third-order valence-electron chi connectivity index (χ3n) is 3.20. The van der Waals surface area contributed by atoms with Crippen LogP contribution in [0.15, 0.2) is 24.1 Å². The molecule has 1 heterocycles. The fourth-order valence-electron chi connectivity index (χ4n) is 2.28. The van der Waals surface area contributed by atoms with Crippen LogP contribution in [0.3, 0.4) is 0 Å². The molecule has 0 aliphatic carbocycles. The van der Waals surface area contributed by atoms with Gasteiger partial charge in [-0.05, 0) is 18.9 Å². The third kappa shape index (κ3) is 2.56. The number of benzene rings is 1. The molecule has 1 aliphatic rings. The van der Waals surface area contributed by atoms with Gasteiger partial charge in [-0.2, -0.15) is 4.31 Å². The van der Waals surface area contributed by atoms with Crippen molar-refractivity contribution in [1.82, 2.24) is 4.31 Å². The molecule has 104 valence electrons. The van der Waals surface area contributed by atoms with Crippen molar-refractivity contribution in [3.05, 3.63) is 34.7 Å². The van der Waals surface area contributed by atoms with Gasteiger partial charge in [0.1, 0.15) is 11.5 Å². The first kappa shape index (κ1) is 14.2. The molecule has 0 bridgehead atoms. The topological polar surface area (TPSA) is 77.8 Å². The van der Waals surface area contributed by atoms with Gasteiger partial charge >= 0.3 is 0 Å². The van der Waals surface area contributed by atoms with Gasteiger partial charge in [-0.3, -0.25) is 0 Å². The number of hydrogen-bond acceptors (Lipinski definition) is 4. The van der Waals surface area contributed by atoms with Gasteiger partial charge < -0.3 is 10.2 Å². The first-order valence-corrected chi connectivity index (χ1v) is 7.60. The summed E-state index contributed by atoms with van der Waals surface area (Å²) in [5, 5.41) is 20.2. The SMILES string of the molecule is C=CS(=O)(=O)N1CCCC1c1cc(Cl)c(O)cc1O. The van der Waals surface area contributed by atoms with E-state index in [1.54, 1.807) is 0 Å². The number of hydrogen-bond donors (Lipinski definition) is 2. The molecule has 0 saturated carbocycles. The molecule has 7 heteroatoms. The van der Waals surface area contributed by atoms with E-state index >= 15 is 0 Å². The maximum atomic E-state index is 11.9. The molecule has 1 fully saturated rings. The molecule has 2 N–H and O–H groups in total. The van der Waals surface area contributed by atoms with E-state index in [4.69, 9.17) is 11.6 Å². The van der Waals surface area contributed by atoms with Crippen molar-refractivity contribution in [2.75, 3.05) is 6.54 Å². The van der Waals surface area contributed by atoms with Gasteiger partial charge in [0.15, 0.2) is 0 Å². The maximum absolute atomic E-state index is 11.9. The zero-order valence-electron chi connectivity index (χ0n) is 10.1. The van der Waals surface area contributed by atoms with E-state index in [9.17, 15) is 18.6 Å². The summed E-state index contributed by atoms with van der Waals surface area (Å²) in [4.78, 5) is 0. The minimum Gasteiger partial charge on any atom is -0.507 e. The maximum Gasteiger partial charge on any atom is 0.236 e. The van der Waals surface area contributed by atoms with Crippen molar-refractivity contribution >= 4 is 21.6 Å². The quantitative estimate of drug-likeness (QED) is 0.898. The Kier molecular flexibility index (Phi) is 3.75. The van der Waals surface area contributed by atoms with Crippen molar-refractivity contribution in [1.29, 1.82) is 0 Å². The molecule has 0 radical (unpaired) electrons. The molecule has 0 spiro atoms. The predicted molar refractivity (Wildman–Crippen MR) is 72.6 cm³/mol. The van der Waals surface area contributed by atoms with Gasteiger partial charge in [0.05, 0.1) is 11.1 Å². The highest BCUT2D eigenvalue weighted by Crippen LogP contribution is 2.42. The molecule has 1 atom stereocenters. The van der Waals surface area contributed by atoms with Crippen LogP contribution in [0, 0.1) is 0 Å². The summed E-state index contributed by atoms with van der Waals surface area (Å²) in [6.45, 7) is 3.67. The summed E-state index contributed by atoms with van der Waals surface area (Å²) >= 11 is 5.81. The lowest BCUT2D eigenvalue weighted by molar-refractivity contribution is 0.382. The molecular formula is C12H14ClNO4S. The number of nitrogens with zero attached hydrogens (tertiary/aromatic N) is 1. The Labute approximate surface area is 116 Å². The first-order valence-electron chi connectivity index (χ1n) is 5.72. The van der Waals surface area contributed by atoms with Crippen molar-refractivity contribution in [2.24, 2.45) is 0 Å². The third-order valence-corrected chi connectivity index (χ3v) is 5.01. The van der Waals surface area contributed by atoms with Gasteiger partial charge in [-0.1, -0.05) is 18.2 Å². The highest BCUT2D eigenvalue weighted by Gasteiger charge is 2.35. The zero-order chi connectivity index (χ0) is 14.2. The lowest BCUT2D eigenvalue weighted by atomic mass is 10.0. The fourth-order valence-corrected chi connectivity index (χ4v) is 3.61. The molecule has 1 saturated heterocycles. The predicted octanol–water partition coefficient (Wildman–Crippen LogP) is 2.36.